The quantitative estimate of drug-likeness (QED) is 0.611. The summed E-state index contributed by atoms with van der Waals surface area (Å²) in [5.74, 6) is -0.303. The number of hydrogen-bond acceptors (Lipinski definition) is 5. The van der Waals surface area contributed by atoms with Crippen molar-refractivity contribution < 1.29 is 23.9 Å². The van der Waals surface area contributed by atoms with Crippen molar-refractivity contribution in [3.8, 4) is 5.75 Å². The Labute approximate surface area is 142 Å². The molecule has 1 aromatic carbocycles. The van der Waals surface area contributed by atoms with E-state index in [1.165, 1.54) is 13.8 Å². The van der Waals surface area contributed by atoms with Crippen molar-refractivity contribution in [2.24, 2.45) is 0 Å². The third kappa shape index (κ3) is 7.26. The highest BCUT2D eigenvalue weighted by Crippen LogP contribution is 2.13. The molecular weight excluding hydrogens is 310 g/mol. The second-order valence-corrected chi connectivity index (χ2v) is 6.55. The minimum Gasteiger partial charge on any atom is -0.493 e. The van der Waals surface area contributed by atoms with Gasteiger partial charge in [0.15, 0.2) is 11.9 Å². The van der Waals surface area contributed by atoms with E-state index in [1.807, 2.05) is 20.8 Å². The lowest BCUT2D eigenvalue weighted by molar-refractivity contribution is -0.155. The van der Waals surface area contributed by atoms with Crippen molar-refractivity contribution in [3.63, 3.8) is 0 Å². The van der Waals surface area contributed by atoms with Gasteiger partial charge in [0, 0.05) is 11.1 Å². The van der Waals surface area contributed by atoms with Gasteiger partial charge in [-0.2, -0.15) is 0 Å². The minimum atomic E-state index is -0.855. The molecule has 1 N–H and O–H groups in total. The predicted molar refractivity (Wildman–Crippen MR) is 90.0 cm³/mol. The summed E-state index contributed by atoms with van der Waals surface area (Å²) in [6.45, 7) is 8.70. The number of nitrogens with one attached hydrogen (secondary N) is 1. The van der Waals surface area contributed by atoms with Crippen LogP contribution in [0.2, 0.25) is 0 Å². The van der Waals surface area contributed by atoms with E-state index in [2.05, 4.69) is 5.32 Å². The van der Waals surface area contributed by atoms with Crippen LogP contribution in [0.3, 0.4) is 0 Å². The summed E-state index contributed by atoms with van der Waals surface area (Å²) in [6, 6.07) is 6.66. The molecule has 0 radical (unpaired) electrons. The number of Topliss-reactive ketones (excluding diaryl/α,β-unsaturated/α-hetero) is 1. The Morgan fingerprint density at radius 1 is 1.12 bits per heavy atom. The molecule has 0 aromatic heterocycles. The summed E-state index contributed by atoms with van der Waals surface area (Å²) in [6.07, 6.45) is -0.826. The monoisotopic (exact) mass is 335 g/mol. The van der Waals surface area contributed by atoms with Gasteiger partial charge in [-0.3, -0.25) is 14.4 Å². The van der Waals surface area contributed by atoms with E-state index in [0.717, 1.165) is 0 Å². The largest absolute Gasteiger partial charge is 0.493 e. The molecule has 1 rings (SSSR count). The highest BCUT2D eigenvalue weighted by Gasteiger charge is 2.22. The van der Waals surface area contributed by atoms with Crippen molar-refractivity contribution >= 4 is 17.7 Å². The number of carbonyl (C=O) groups excluding carboxylic acids is 3. The first-order valence-electron chi connectivity index (χ1n) is 7.84. The van der Waals surface area contributed by atoms with Gasteiger partial charge in [0.05, 0.1) is 13.0 Å². The Bertz CT molecular complexity index is 586. The Morgan fingerprint density at radius 2 is 1.71 bits per heavy atom. The molecule has 0 fully saturated rings. The molecule has 0 saturated carbocycles. The third-order valence-corrected chi connectivity index (χ3v) is 3.01. The fourth-order valence-corrected chi connectivity index (χ4v) is 1.82. The van der Waals surface area contributed by atoms with E-state index in [1.54, 1.807) is 24.3 Å². The van der Waals surface area contributed by atoms with E-state index in [9.17, 15) is 14.4 Å². The van der Waals surface area contributed by atoms with Crippen LogP contribution in [0.1, 0.15) is 51.4 Å². The average Bonchev–Trinajstić information content (AvgIpc) is 2.45. The van der Waals surface area contributed by atoms with Crippen LogP contribution in [0.15, 0.2) is 24.3 Å². The van der Waals surface area contributed by atoms with Crippen LogP contribution in [0, 0.1) is 0 Å². The van der Waals surface area contributed by atoms with Crippen LogP contribution in [0.5, 0.6) is 5.75 Å². The smallest absolute Gasteiger partial charge is 0.310 e. The van der Waals surface area contributed by atoms with Crippen LogP contribution >= 0.6 is 0 Å². The molecule has 1 amide bonds. The molecule has 0 aliphatic carbocycles. The zero-order valence-electron chi connectivity index (χ0n) is 14.8. The summed E-state index contributed by atoms with van der Waals surface area (Å²) >= 11 is 0. The maximum absolute atomic E-state index is 11.8. The van der Waals surface area contributed by atoms with Crippen molar-refractivity contribution in [1.82, 2.24) is 5.32 Å². The van der Waals surface area contributed by atoms with E-state index in [0.29, 0.717) is 11.3 Å². The van der Waals surface area contributed by atoms with Crippen LogP contribution < -0.4 is 10.1 Å². The lowest BCUT2D eigenvalue weighted by atomic mass is 10.1. The van der Waals surface area contributed by atoms with E-state index < -0.39 is 12.1 Å². The zero-order chi connectivity index (χ0) is 18.3. The Morgan fingerprint density at radius 3 is 2.21 bits per heavy atom. The van der Waals surface area contributed by atoms with Gasteiger partial charge >= 0.3 is 5.97 Å². The van der Waals surface area contributed by atoms with Gasteiger partial charge in [0.1, 0.15) is 5.75 Å². The molecule has 0 saturated heterocycles. The number of rotatable bonds is 7. The highest BCUT2D eigenvalue weighted by atomic mass is 16.5. The SMILES string of the molecule is CC(=O)c1ccc(OCCC(=O)OC(C)C(=O)NC(C)(C)C)cc1. The first kappa shape index (κ1) is 19.7. The standard InChI is InChI=1S/C18H25NO5/c1-12(20)14-6-8-15(9-7-14)23-11-10-16(21)24-13(2)17(22)19-18(3,4)5/h6-9,13H,10-11H2,1-5H3,(H,19,22). The van der Waals surface area contributed by atoms with E-state index in [-0.39, 0.29) is 30.3 Å². The van der Waals surface area contributed by atoms with Gasteiger partial charge in [-0.1, -0.05) is 0 Å². The molecule has 0 heterocycles. The molecule has 6 heteroatoms. The average molecular weight is 335 g/mol. The fraction of sp³-hybridized carbons (Fsp3) is 0.500. The molecular formula is C18H25NO5. The molecule has 0 spiro atoms. The van der Waals surface area contributed by atoms with Crippen molar-refractivity contribution in [3.05, 3.63) is 29.8 Å². The number of esters is 1. The molecule has 1 aromatic rings. The number of carbonyl (C=O) groups is 3. The van der Waals surface area contributed by atoms with Gasteiger partial charge in [-0.05, 0) is 58.9 Å². The van der Waals surface area contributed by atoms with E-state index >= 15 is 0 Å². The summed E-state index contributed by atoms with van der Waals surface area (Å²) < 4.78 is 10.5. The lowest BCUT2D eigenvalue weighted by Crippen LogP contribution is -2.46. The molecule has 0 bridgehead atoms. The molecule has 24 heavy (non-hydrogen) atoms. The predicted octanol–water partition coefficient (Wildman–Crippen LogP) is 2.50. The maximum atomic E-state index is 11.8. The molecule has 0 aliphatic heterocycles. The topological polar surface area (TPSA) is 81.7 Å². The van der Waals surface area contributed by atoms with Crippen LogP contribution in [-0.4, -0.2) is 35.9 Å². The second kappa shape index (κ2) is 8.47. The Balaban J connectivity index is 2.35. The number of ketones is 1. The molecule has 132 valence electrons. The van der Waals surface area contributed by atoms with Crippen LogP contribution in [-0.2, 0) is 14.3 Å². The highest BCUT2D eigenvalue weighted by molar-refractivity contribution is 5.94. The first-order chi connectivity index (χ1) is 11.1. The molecule has 6 nitrogen and oxygen atoms in total. The molecule has 1 atom stereocenters. The number of ether oxygens (including phenoxy) is 2. The molecule has 1 unspecified atom stereocenters. The maximum Gasteiger partial charge on any atom is 0.310 e. The fourth-order valence-electron chi connectivity index (χ4n) is 1.82. The summed E-state index contributed by atoms with van der Waals surface area (Å²) in [5.41, 5.74) is 0.216. The van der Waals surface area contributed by atoms with Crippen LogP contribution in [0.4, 0.5) is 0 Å². The van der Waals surface area contributed by atoms with Gasteiger partial charge in [-0.15, -0.1) is 0 Å². The van der Waals surface area contributed by atoms with E-state index in [4.69, 9.17) is 9.47 Å². The van der Waals surface area contributed by atoms with Crippen LogP contribution in [0.25, 0.3) is 0 Å². The Kier molecular flexibility index (Phi) is 6.95. The third-order valence-electron chi connectivity index (χ3n) is 3.01. The summed E-state index contributed by atoms with van der Waals surface area (Å²) in [4.78, 5) is 34.7. The van der Waals surface area contributed by atoms with Gasteiger partial charge in [0.25, 0.3) is 5.91 Å². The first-order valence-corrected chi connectivity index (χ1v) is 7.84. The second-order valence-electron chi connectivity index (χ2n) is 6.55. The van der Waals surface area contributed by atoms with Gasteiger partial charge < -0.3 is 14.8 Å². The number of hydrogen-bond donors (Lipinski definition) is 1. The van der Waals surface area contributed by atoms with Crippen molar-refractivity contribution in [1.29, 1.82) is 0 Å². The lowest BCUT2D eigenvalue weighted by Gasteiger charge is -2.23. The van der Waals surface area contributed by atoms with Gasteiger partial charge in [0.2, 0.25) is 0 Å². The summed E-state index contributed by atoms with van der Waals surface area (Å²) in [7, 11) is 0. The minimum absolute atomic E-state index is 0.0207. The zero-order valence-corrected chi connectivity index (χ0v) is 14.8. The number of amides is 1. The molecule has 0 aliphatic rings. The van der Waals surface area contributed by atoms with Crippen molar-refractivity contribution in [2.45, 2.75) is 52.7 Å². The Hall–Kier alpha value is -2.37. The normalized spacial score (nSPS) is 12.2. The van der Waals surface area contributed by atoms with Gasteiger partial charge in [-0.25, -0.2) is 0 Å². The summed E-state index contributed by atoms with van der Waals surface area (Å²) in [5, 5.41) is 2.75. The van der Waals surface area contributed by atoms with Crippen molar-refractivity contribution in [2.75, 3.05) is 6.61 Å². The number of benzene rings is 1.